The molecule has 7 heteroatoms. The zero-order valence-corrected chi connectivity index (χ0v) is 24.1. The maximum absolute atomic E-state index is 13.9. The monoisotopic (exact) mass is 524 g/mol. The zero-order valence-electron chi connectivity index (χ0n) is 23.3. The molecule has 1 atom stereocenters. The lowest BCUT2D eigenvalue weighted by Gasteiger charge is -2.27. The molecule has 2 aromatic rings. The number of amides is 2. The second-order valence-electron chi connectivity index (χ2n) is 12.1. The second-order valence-corrected chi connectivity index (χ2v) is 13.1. The summed E-state index contributed by atoms with van der Waals surface area (Å²) in [6.07, 6.45) is -0.184. The fourth-order valence-electron chi connectivity index (χ4n) is 4.07. The van der Waals surface area contributed by atoms with Crippen LogP contribution in [0.15, 0.2) is 47.4 Å². The van der Waals surface area contributed by atoms with Crippen LogP contribution in [0.5, 0.6) is 0 Å². The summed E-state index contributed by atoms with van der Waals surface area (Å²) in [7, 11) is 0. The summed E-state index contributed by atoms with van der Waals surface area (Å²) in [6.45, 7) is 16.2. The van der Waals surface area contributed by atoms with Crippen molar-refractivity contribution in [2.45, 2.75) is 90.3 Å². The molecule has 1 heterocycles. The third kappa shape index (κ3) is 7.84. The molecule has 0 saturated carbocycles. The van der Waals surface area contributed by atoms with Crippen LogP contribution in [-0.2, 0) is 21.5 Å². The number of alkyl carbamates (subject to hydrolysis) is 1. The number of carbonyl (C=O) groups excluding carboxylic acids is 3. The summed E-state index contributed by atoms with van der Waals surface area (Å²) in [5.41, 5.74) is 2.81. The molecule has 2 aromatic carbocycles. The van der Waals surface area contributed by atoms with Gasteiger partial charge in [0.05, 0.1) is 12.2 Å². The summed E-state index contributed by atoms with van der Waals surface area (Å²) in [4.78, 5) is 41.8. The van der Waals surface area contributed by atoms with Crippen LogP contribution >= 0.6 is 11.8 Å². The van der Waals surface area contributed by atoms with Gasteiger partial charge in [0.2, 0.25) is 0 Å². The van der Waals surface area contributed by atoms with E-state index in [-0.39, 0.29) is 23.0 Å². The number of carbonyl (C=O) groups is 3. The highest BCUT2D eigenvalue weighted by atomic mass is 32.2. The SMILES string of the molecule is CC(C)CC(=O)c1ccc2c(c1)N(Cc1ccc(C(C)(C)C)cc1)C(=O)[C@@H](NC(=O)OC(C)(C)C)CS2. The predicted octanol–water partition coefficient (Wildman–Crippen LogP) is 6.75. The van der Waals surface area contributed by atoms with Crippen LogP contribution in [0.25, 0.3) is 0 Å². The van der Waals surface area contributed by atoms with Crippen LogP contribution in [0.4, 0.5) is 10.5 Å². The van der Waals surface area contributed by atoms with Gasteiger partial charge in [-0.2, -0.15) is 0 Å². The fourth-order valence-corrected chi connectivity index (χ4v) is 5.13. The first-order valence-electron chi connectivity index (χ1n) is 12.8. The molecule has 3 rings (SSSR count). The molecule has 0 saturated heterocycles. The zero-order chi connectivity index (χ0) is 27.5. The Bertz CT molecular complexity index is 1140. The molecule has 2 amide bonds. The smallest absolute Gasteiger partial charge is 0.408 e. The molecular weight excluding hydrogens is 484 g/mol. The molecule has 1 N–H and O–H groups in total. The molecule has 0 unspecified atom stereocenters. The number of ketones is 1. The summed E-state index contributed by atoms with van der Waals surface area (Å²) >= 11 is 1.49. The maximum atomic E-state index is 13.9. The third-order valence-electron chi connectivity index (χ3n) is 5.99. The van der Waals surface area contributed by atoms with E-state index in [0.29, 0.717) is 30.0 Å². The Morgan fingerprint density at radius 2 is 1.70 bits per heavy atom. The van der Waals surface area contributed by atoms with Crippen molar-refractivity contribution < 1.29 is 19.1 Å². The van der Waals surface area contributed by atoms with Crippen molar-refractivity contribution in [2.24, 2.45) is 5.92 Å². The summed E-state index contributed by atoms with van der Waals surface area (Å²) in [6, 6.07) is 13.1. The predicted molar refractivity (Wildman–Crippen MR) is 150 cm³/mol. The third-order valence-corrected chi connectivity index (χ3v) is 7.14. The number of nitrogens with zero attached hydrogens (tertiary/aromatic N) is 1. The molecule has 37 heavy (non-hydrogen) atoms. The summed E-state index contributed by atoms with van der Waals surface area (Å²) in [5.74, 6) is 0.425. The van der Waals surface area contributed by atoms with Gasteiger partial charge in [-0.25, -0.2) is 4.79 Å². The molecule has 6 nitrogen and oxygen atoms in total. The average Bonchev–Trinajstić information content (AvgIpc) is 2.89. The van der Waals surface area contributed by atoms with Crippen molar-refractivity contribution in [2.75, 3.05) is 10.7 Å². The normalized spacial score (nSPS) is 16.3. The lowest BCUT2D eigenvalue weighted by atomic mass is 9.87. The van der Waals surface area contributed by atoms with E-state index in [4.69, 9.17) is 4.74 Å². The minimum absolute atomic E-state index is 0.0221. The van der Waals surface area contributed by atoms with Crippen LogP contribution in [0.2, 0.25) is 0 Å². The van der Waals surface area contributed by atoms with Gasteiger partial charge in [-0.15, -0.1) is 11.8 Å². The average molecular weight is 525 g/mol. The van der Waals surface area contributed by atoms with Gasteiger partial charge in [0.1, 0.15) is 11.6 Å². The largest absolute Gasteiger partial charge is 0.444 e. The number of hydrogen-bond donors (Lipinski definition) is 1. The van der Waals surface area contributed by atoms with Gasteiger partial charge < -0.3 is 15.0 Å². The number of hydrogen-bond acceptors (Lipinski definition) is 5. The van der Waals surface area contributed by atoms with Crippen molar-refractivity contribution in [3.63, 3.8) is 0 Å². The van der Waals surface area contributed by atoms with Gasteiger partial charge in [0, 0.05) is 22.6 Å². The molecule has 0 aliphatic carbocycles. The van der Waals surface area contributed by atoms with E-state index in [0.717, 1.165) is 10.5 Å². The van der Waals surface area contributed by atoms with Crippen LogP contribution in [0.1, 0.15) is 83.3 Å². The number of rotatable bonds is 6. The Morgan fingerprint density at radius 1 is 1.05 bits per heavy atom. The highest BCUT2D eigenvalue weighted by Crippen LogP contribution is 2.37. The first kappa shape index (κ1) is 28.8. The van der Waals surface area contributed by atoms with Crippen molar-refractivity contribution in [1.82, 2.24) is 5.32 Å². The first-order valence-corrected chi connectivity index (χ1v) is 13.8. The molecule has 0 aromatic heterocycles. The highest BCUT2D eigenvalue weighted by Gasteiger charge is 2.33. The summed E-state index contributed by atoms with van der Waals surface area (Å²) in [5, 5.41) is 2.77. The van der Waals surface area contributed by atoms with Gasteiger partial charge in [0.15, 0.2) is 5.78 Å². The molecule has 0 spiro atoms. The quantitative estimate of drug-likeness (QED) is 0.423. The lowest BCUT2D eigenvalue weighted by Crippen LogP contribution is -2.50. The molecule has 0 fully saturated rings. The lowest BCUT2D eigenvalue weighted by molar-refractivity contribution is -0.120. The Balaban J connectivity index is 1.98. The minimum atomic E-state index is -0.768. The van der Waals surface area contributed by atoms with E-state index in [9.17, 15) is 14.4 Å². The molecule has 0 radical (unpaired) electrons. The number of nitrogens with one attached hydrogen (secondary N) is 1. The van der Waals surface area contributed by atoms with E-state index in [1.165, 1.54) is 17.3 Å². The van der Waals surface area contributed by atoms with Crippen LogP contribution < -0.4 is 10.2 Å². The molecular formula is C30H40N2O4S. The number of benzene rings is 2. The highest BCUT2D eigenvalue weighted by molar-refractivity contribution is 7.99. The van der Waals surface area contributed by atoms with E-state index in [1.807, 2.05) is 44.2 Å². The first-order chi connectivity index (χ1) is 17.1. The number of fused-ring (bicyclic) bond motifs is 1. The fraction of sp³-hybridized carbons (Fsp3) is 0.500. The second kappa shape index (κ2) is 11.3. The Hall–Kier alpha value is -2.80. The van der Waals surface area contributed by atoms with Crippen LogP contribution in [0.3, 0.4) is 0 Å². The van der Waals surface area contributed by atoms with Gasteiger partial charge in [-0.1, -0.05) is 65.0 Å². The van der Waals surface area contributed by atoms with Crippen molar-refractivity contribution >= 4 is 35.2 Å². The van der Waals surface area contributed by atoms with Crippen molar-refractivity contribution in [3.8, 4) is 0 Å². The molecule has 200 valence electrons. The Labute approximate surface area is 225 Å². The number of anilines is 1. The maximum Gasteiger partial charge on any atom is 0.408 e. The number of thioether (sulfide) groups is 1. The van der Waals surface area contributed by atoms with E-state index in [2.05, 4.69) is 38.2 Å². The number of ether oxygens (including phenoxy) is 1. The van der Waals surface area contributed by atoms with Gasteiger partial charge in [0.25, 0.3) is 5.91 Å². The van der Waals surface area contributed by atoms with E-state index < -0.39 is 17.7 Å². The minimum Gasteiger partial charge on any atom is -0.444 e. The molecule has 1 aliphatic heterocycles. The topological polar surface area (TPSA) is 75.7 Å². The van der Waals surface area contributed by atoms with Gasteiger partial charge in [-0.3, -0.25) is 9.59 Å². The van der Waals surface area contributed by atoms with Crippen molar-refractivity contribution in [3.05, 3.63) is 59.2 Å². The molecule has 1 aliphatic rings. The van der Waals surface area contributed by atoms with E-state index in [1.54, 1.807) is 25.7 Å². The number of Topliss-reactive ketones (excluding diaryl/α,β-unsaturated/α-hetero) is 1. The Kier molecular flexibility index (Phi) is 8.78. The van der Waals surface area contributed by atoms with Gasteiger partial charge >= 0.3 is 6.09 Å². The molecule has 0 bridgehead atoms. The van der Waals surface area contributed by atoms with Gasteiger partial charge in [-0.05, 0) is 55.4 Å². The van der Waals surface area contributed by atoms with Crippen LogP contribution in [-0.4, -0.2) is 35.2 Å². The summed E-state index contributed by atoms with van der Waals surface area (Å²) < 4.78 is 5.42. The standard InChI is InChI=1S/C30H40N2O4S/c1-19(2)15-25(33)21-11-14-26-24(16-21)32(17-20-9-12-22(13-10-20)29(3,4)5)27(34)23(18-37-26)31-28(35)36-30(6,7)8/h9-14,16,19,23H,15,17-18H2,1-8H3,(H,31,35)/t23-/m0/s1. The van der Waals surface area contributed by atoms with E-state index >= 15 is 0 Å². The Morgan fingerprint density at radius 3 is 2.27 bits per heavy atom. The van der Waals surface area contributed by atoms with Crippen LogP contribution in [0, 0.1) is 5.92 Å². The van der Waals surface area contributed by atoms with Crippen molar-refractivity contribution in [1.29, 1.82) is 0 Å².